The van der Waals surface area contributed by atoms with E-state index < -0.39 is 0 Å². The van der Waals surface area contributed by atoms with E-state index in [1.807, 2.05) is 18.2 Å². The average molecular weight is 469 g/mol. The molecule has 0 saturated heterocycles. The van der Waals surface area contributed by atoms with Crippen LogP contribution in [0.1, 0.15) is 59.3 Å². The van der Waals surface area contributed by atoms with E-state index >= 15 is 0 Å². The Morgan fingerprint density at radius 1 is 0.943 bits per heavy atom. The van der Waals surface area contributed by atoms with E-state index in [2.05, 4.69) is 46.7 Å². The first-order chi connectivity index (χ1) is 17.1. The van der Waals surface area contributed by atoms with Crippen molar-refractivity contribution < 1.29 is 9.53 Å². The lowest BCUT2D eigenvalue weighted by atomic mass is 9.91. The fourth-order valence-electron chi connectivity index (χ4n) is 4.80. The topological polar surface area (TPSA) is 89.6 Å². The van der Waals surface area contributed by atoms with Crippen LogP contribution in [0.3, 0.4) is 0 Å². The van der Waals surface area contributed by atoms with Crippen LogP contribution in [0.5, 0.6) is 5.75 Å². The van der Waals surface area contributed by atoms with E-state index in [1.165, 1.54) is 11.1 Å². The van der Waals surface area contributed by atoms with Gasteiger partial charge in [-0.05, 0) is 61.4 Å². The number of pyridine rings is 1. The number of ketones is 1. The van der Waals surface area contributed by atoms with Crippen molar-refractivity contribution >= 4 is 17.2 Å². The first kappa shape index (κ1) is 23.4. The van der Waals surface area contributed by atoms with Gasteiger partial charge in [-0.15, -0.1) is 0 Å². The van der Waals surface area contributed by atoms with Crippen LogP contribution in [0.2, 0.25) is 0 Å². The number of carbonyl (C=O) groups is 1. The van der Waals surface area contributed by atoms with Gasteiger partial charge in [-0.2, -0.15) is 0 Å². The average Bonchev–Trinajstić information content (AvgIpc) is 2.89. The summed E-state index contributed by atoms with van der Waals surface area (Å²) in [6.07, 6.45) is 7.10. The molecule has 6 heteroatoms. The largest absolute Gasteiger partial charge is 0.488 e. The molecule has 1 saturated carbocycles. The predicted molar refractivity (Wildman–Crippen MR) is 139 cm³/mol. The van der Waals surface area contributed by atoms with Gasteiger partial charge in [0.25, 0.3) is 0 Å². The van der Waals surface area contributed by atoms with Crippen LogP contribution >= 0.6 is 0 Å². The molecule has 1 aliphatic carbocycles. The summed E-state index contributed by atoms with van der Waals surface area (Å²) >= 11 is 0. The minimum Gasteiger partial charge on any atom is -0.488 e. The van der Waals surface area contributed by atoms with E-state index in [4.69, 9.17) is 15.5 Å². The molecule has 0 bridgehead atoms. The Kier molecular flexibility index (Phi) is 7.31. The number of aliphatic imine (C=N–C) groups is 1. The number of nitrogens with two attached hydrogens (primary N) is 1. The molecule has 0 unspecified atom stereocenters. The highest BCUT2D eigenvalue weighted by molar-refractivity contribution is 6.16. The second kappa shape index (κ2) is 10.9. The summed E-state index contributed by atoms with van der Waals surface area (Å²) < 4.78 is 5.99. The number of rotatable bonds is 8. The molecule has 0 radical (unpaired) electrons. The third-order valence-corrected chi connectivity index (χ3v) is 6.84. The zero-order chi connectivity index (χ0) is 24.0. The van der Waals surface area contributed by atoms with Crippen LogP contribution in [-0.2, 0) is 13.0 Å². The van der Waals surface area contributed by atoms with Gasteiger partial charge < -0.3 is 15.8 Å². The van der Waals surface area contributed by atoms with E-state index in [9.17, 15) is 4.79 Å². The molecule has 2 aliphatic rings. The summed E-state index contributed by atoms with van der Waals surface area (Å²) in [5.41, 5.74) is 11.4. The molecule has 2 aromatic carbocycles. The Labute approximate surface area is 206 Å². The Bertz CT molecular complexity index is 1180. The van der Waals surface area contributed by atoms with E-state index in [0.717, 1.165) is 49.3 Å². The van der Waals surface area contributed by atoms with Gasteiger partial charge in [0.05, 0.1) is 23.5 Å². The maximum Gasteiger partial charge on any atom is 0.170 e. The molecular formula is C29H32N4O2. The first-order valence-electron chi connectivity index (χ1n) is 12.5. The van der Waals surface area contributed by atoms with Crippen molar-refractivity contribution in [3.63, 3.8) is 0 Å². The molecule has 0 amide bonds. The van der Waals surface area contributed by atoms with Crippen molar-refractivity contribution in [3.8, 4) is 5.75 Å². The van der Waals surface area contributed by atoms with Crippen molar-refractivity contribution in [2.45, 2.75) is 57.2 Å². The SMILES string of the molecule is NC1CCC(NCc2nccc3c2N=C(COc2ccc(Cc4ccccc4)cc2)CC3=O)CC1. The third kappa shape index (κ3) is 6.02. The number of Topliss-reactive ketones (excluding diaryl/α,β-unsaturated/α-hetero) is 1. The monoisotopic (exact) mass is 468 g/mol. The van der Waals surface area contributed by atoms with Gasteiger partial charge in [-0.1, -0.05) is 42.5 Å². The Morgan fingerprint density at radius 2 is 1.69 bits per heavy atom. The minimum atomic E-state index is 0.0686. The van der Waals surface area contributed by atoms with Crippen molar-refractivity contribution in [2.75, 3.05) is 6.61 Å². The summed E-state index contributed by atoms with van der Waals surface area (Å²) in [5, 5.41) is 3.59. The van der Waals surface area contributed by atoms with Gasteiger partial charge in [0.15, 0.2) is 5.78 Å². The molecule has 1 aromatic heterocycles. The number of nitrogens with one attached hydrogen (secondary N) is 1. The van der Waals surface area contributed by atoms with Crippen LogP contribution < -0.4 is 15.8 Å². The van der Waals surface area contributed by atoms with E-state index in [1.54, 1.807) is 12.3 Å². The van der Waals surface area contributed by atoms with Gasteiger partial charge in [-0.3, -0.25) is 14.8 Å². The van der Waals surface area contributed by atoms with E-state index in [-0.39, 0.29) is 18.8 Å². The number of nitrogens with zero attached hydrogens (tertiary/aromatic N) is 2. The number of ether oxygens (including phenoxy) is 1. The first-order valence-corrected chi connectivity index (χ1v) is 12.5. The molecule has 3 aromatic rings. The zero-order valence-corrected chi connectivity index (χ0v) is 20.0. The lowest BCUT2D eigenvalue weighted by Gasteiger charge is -2.27. The highest BCUT2D eigenvalue weighted by Crippen LogP contribution is 2.29. The van der Waals surface area contributed by atoms with Gasteiger partial charge in [0.1, 0.15) is 12.4 Å². The molecule has 1 fully saturated rings. The summed E-state index contributed by atoms with van der Waals surface area (Å²) in [7, 11) is 0. The van der Waals surface area contributed by atoms with Gasteiger partial charge in [0.2, 0.25) is 0 Å². The molecular weight excluding hydrogens is 436 g/mol. The molecule has 35 heavy (non-hydrogen) atoms. The van der Waals surface area contributed by atoms with Crippen molar-refractivity contribution in [1.82, 2.24) is 10.3 Å². The number of benzene rings is 2. The summed E-state index contributed by atoms with van der Waals surface area (Å²) in [6, 6.07) is 21.0. The molecule has 2 heterocycles. The number of hydrogen-bond acceptors (Lipinski definition) is 6. The molecule has 1 aliphatic heterocycles. The van der Waals surface area contributed by atoms with Crippen molar-refractivity contribution in [1.29, 1.82) is 0 Å². The number of carbonyl (C=O) groups excluding carboxylic acids is 1. The lowest BCUT2D eigenvalue weighted by Crippen LogP contribution is -2.37. The molecule has 180 valence electrons. The lowest BCUT2D eigenvalue weighted by molar-refractivity contribution is 0.0998. The standard InChI is InChI=1S/C29H32N4O2/c30-22-8-10-23(11-9-22)32-18-27-29-26(14-15-31-27)28(34)17-24(33-29)19-35-25-12-6-21(7-13-25)16-20-4-2-1-3-5-20/h1-7,12-15,22-23,32H,8-11,16-19,30H2. The van der Waals surface area contributed by atoms with Crippen molar-refractivity contribution in [3.05, 3.63) is 89.2 Å². The highest BCUT2D eigenvalue weighted by atomic mass is 16.5. The third-order valence-electron chi connectivity index (χ3n) is 6.84. The maximum atomic E-state index is 12.8. The zero-order valence-electron chi connectivity index (χ0n) is 20.0. The van der Waals surface area contributed by atoms with Crippen LogP contribution in [-0.4, -0.2) is 35.2 Å². The molecule has 3 N–H and O–H groups in total. The van der Waals surface area contributed by atoms with Gasteiger partial charge in [0, 0.05) is 30.4 Å². The quantitative estimate of drug-likeness (QED) is 0.497. The minimum absolute atomic E-state index is 0.0686. The second-order valence-electron chi connectivity index (χ2n) is 9.52. The molecule has 0 atom stereocenters. The van der Waals surface area contributed by atoms with Crippen LogP contribution in [0, 0.1) is 0 Å². The smallest absolute Gasteiger partial charge is 0.170 e. The predicted octanol–water partition coefficient (Wildman–Crippen LogP) is 4.77. The van der Waals surface area contributed by atoms with Gasteiger partial charge >= 0.3 is 0 Å². The van der Waals surface area contributed by atoms with Crippen LogP contribution in [0.4, 0.5) is 5.69 Å². The Morgan fingerprint density at radius 3 is 2.46 bits per heavy atom. The Hall–Kier alpha value is -3.35. The van der Waals surface area contributed by atoms with Crippen LogP contribution in [0.15, 0.2) is 71.9 Å². The molecule has 5 rings (SSSR count). The normalized spacial score (nSPS) is 19.7. The van der Waals surface area contributed by atoms with Gasteiger partial charge in [-0.25, -0.2) is 0 Å². The maximum absolute atomic E-state index is 12.8. The van der Waals surface area contributed by atoms with Crippen molar-refractivity contribution in [2.24, 2.45) is 10.7 Å². The fraction of sp³-hybridized carbons (Fsp3) is 0.345. The highest BCUT2D eigenvalue weighted by Gasteiger charge is 2.24. The fourth-order valence-corrected chi connectivity index (χ4v) is 4.80. The number of aromatic nitrogens is 1. The summed E-state index contributed by atoms with van der Waals surface area (Å²) in [4.78, 5) is 22.2. The van der Waals surface area contributed by atoms with Crippen LogP contribution in [0.25, 0.3) is 0 Å². The molecule has 6 nitrogen and oxygen atoms in total. The summed E-state index contributed by atoms with van der Waals surface area (Å²) in [6.45, 7) is 0.877. The number of hydrogen-bond donors (Lipinski definition) is 2. The Balaban J connectivity index is 1.22. The second-order valence-corrected chi connectivity index (χ2v) is 9.52. The number of fused-ring (bicyclic) bond motifs is 1. The summed E-state index contributed by atoms with van der Waals surface area (Å²) in [5.74, 6) is 0.838. The van der Waals surface area contributed by atoms with E-state index in [0.29, 0.717) is 29.9 Å². The molecule has 0 spiro atoms.